The second-order valence-electron chi connectivity index (χ2n) is 8.71. The number of benzene rings is 3. The number of amides is 2. The minimum Gasteiger partial charge on any atom is -0.497 e. The first-order chi connectivity index (χ1) is 17.5. The molecule has 3 aromatic carbocycles. The van der Waals surface area contributed by atoms with Crippen molar-refractivity contribution in [2.75, 3.05) is 31.5 Å². The number of rotatable bonds is 8. The van der Waals surface area contributed by atoms with Gasteiger partial charge in [0.05, 0.1) is 33.3 Å². The van der Waals surface area contributed by atoms with Gasteiger partial charge in [-0.25, -0.2) is 0 Å². The lowest BCUT2D eigenvalue weighted by Crippen LogP contribution is -2.47. The maximum absolute atomic E-state index is 13.6. The summed E-state index contributed by atoms with van der Waals surface area (Å²) in [5, 5.41) is 3.07. The van der Waals surface area contributed by atoms with E-state index < -0.39 is 12.0 Å². The second-order valence-corrected chi connectivity index (χ2v) is 8.71. The molecule has 1 aliphatic rings. The van der Waals surface area contributed by atoms with Crippen molar-refractivity contribution in [3.05, 3.63) is 77.9 Å². The molecule has 1 heterocycles. The van der Waals surface area contributed by atoms with Gasteiger partial charge in [0.25, 0.3) is 0 Å². The summed E-state index contributed by atoms with van der Waals surface area (Å²) < 4.78 is 16.2. The SMILES string of the molecule is CCc1ccc(NC(=O)[C@H]2CCC(=O)N(c3ccc(OC)cc3)[C@H]2c2ccc(OC)c(OC)c2)cc1. The fourth-order valence-corrected chi connectivity index (χ4v) is 4.69. The smallest absolute Gasteiger partial charge is 0.229 e. The summed E-state index contributed by atoms with van der Waals surface area (Å²) in [4.78, 5) is 28.7. The molecule has 3 aromatic rings. The van der Waals surface area contributed by atoms with Crippen LogP contribution >= 0.6 is 0 Å². The first kappa shape index (κ1) is 25.1. The van der Waals surface area contributed by atoms with Gasteiger partial charge in [0.2, 0.25) is 11.8 Å². The second kappa shape index (κ2) is 11.2. The summed E-state index contributed by atoms with van der Waals surface area (Å²) in [6.45, 7) is 2.09. The van der Waals surface area contributed by atoms with Crippen LogP contribution in [-0.4, -0.2) is 33.1 Å². The average molecular weight is 489 g/mol. The van der Waals surface area contributed by atoms with E-state index >= 15 is 0 Å². The van der Waals surface area contributed by atoms with Crippen molar-refractivity contribution in [3.63, 3.8) is 0 Å². The molecule has 36 heavy (non-hydrogen) atoms. The van der Waals surface area contributed by atoms with Gasteiger partial charge in [0.1, 0.15) is 5.75 Å². The summed E-state index contributed by atoms with van der Waals surface area (Å²) in [5.41, 5.74) is 3.42. The average Bonchev–Trinajstić information content (AvgIpc) is 2.92. The van der Waals surface area contributed by atoms with Gasteiger partial charge in [-0.2, -0.15) is 0 Å². The maximum atomic E-state index is 13.6. The quantitative estimate of drug-likeness (QED) is 0.460. The van der Waals surface area contributed by atoms with Crippen LogP contribution in [0.4, 0.5) is 11.4 Å². The molecule has 0 radical (unpaired) electrons. The van der Waals surface area contributed by atoms with E-state index in [-0.39, 0.29) is 18.2 Å². The zero-order valence-corrected chi connectivity index (χ0v) is 21.1. The molecule has 1 aliphatic heterocycles. The summed E-state index contributed by atoms with van der Waals surface area (Å²) in [6.07, 6.45) is 1.63. The fourth-order valence-electron chi connectivity index (χ4n) is 4.69. The lowest BCUT2D eigenvalue weighted by atomic mass is 9.83. The molecule has 0 aromatic heterocycles. The molecular weight excluding hydrogens is 456 g/mol. The third-order valence-electron chi connectivity index (χ3n) is 6.66. The molecule has 1 saturated heterocycles. The third-order valence-corrected chi connectivity index (χ3v) is 6.66. The molecule has 0 aliphatic carbocycles. The van der Waals surface area contributed by atoms with Crippen LogP contribution in [0.5, 0.6) is 17.2 Å². The van der Waals surface area contributed by atoms with E-state index in [9.17, 15) is 9.59 Å². The molecule has 1 fully saturated rings. The Morgan fingerprint density at radius 1 is 0.917 bits per heavy atom. The lowest BCUT2D eigenvalue weighted by Gasteiger charge is -2.41. The van der Waals surface area contributed by atoms with E-state index in [0.717, 1.165) is 17.7 Å². The van der Waals surface area contributed by atoms with Gasteiger partial charge in [-0.3, -0.25) is 9.59 Å². The van der Waals surface area contributed by atoms with Crippen molar-refractivity contribution in [2.45, 2.75) is 32.2 Å². The topological polar surface area (TPSA) is 77.1 Å². The summed E-state index contributed by atoms with van der Waals surface area (Å²) in [5.74, 6) is 1.15. The number of aryl methyl sites for hydroxylation is 1. The minimum atomic E-state index is -0.533. The van der Waals surface area contributed by atoms with Gasteiger partial charge in [0.15, 0.2) is 11.5 Å². The Hall–Kier alpha value is -4.00. The number of carbonyl (C=O) groups is 2. The van der Waals surface area contributed by atoms with Crippen LogP contribution in [0.15, 0.2) is 66.7 Å². The minimum absolute atomic E-state index is 0.0451. The van der Waals surface area contributed by atoms with E-state index in [0.29, 0.717) is 29.4 Å². The molecule has 4 rings (SSSR count). The van der Waals surface area contributed by atoms with Gasteiger partial charge in [-0.05, 0) is 72.5 Å². The normalized spacial score (nSPS) is 17.4. The Bertz CT molecular complexity index is 1210. The number of hydrogen-bond donors (Lipinski definition) is 1. The highest BCUT2D eigenvalue weighted by Gasteiger charge is 2.41. The highest BCUT2D eigenvalue weighted by atomic mass is 16.5. The van der Waals surface area contributed by atoms with Crippen LogP contribution in [0, 0.1) is 5.92 Å². The van der Waals surface area contributed by atoms with Gasteiger partial charge in [0, 0.05) is 17.8 Å². The highest BCUT2D eigenvalue weighted by molar-refractivity contribution is 6.00. The number of carbonyl (C=O) groups excluding carboxylic acids is 2. The predicted molar refractivity (Wildman–Crippen MR) is 140 cm³/mol. The number of ether oxygens (including phenoxy) is 3. The van der Waals surface area contributed by atoms with Crippen LogP contribution in [0.1, 0.15) is 36.9 Å². The molecule has 0 saturated carbocycles. The number of piperidine rings is 1. The van der Waals surface area contributed by atoms with Gasteiger partial charge < -0.3 is 24.4 Å². The van der Waals surface area contributed by atoms with Crippen molar-refractivity contribution in [3.8, 4) is 17.2 Å². The molecular formula is C29H32N2O5. The number of nitrogens with one attached hydrogen (secondary N) is 1. The summed E-state index contributed by atoms with van der Waals surface area (Å²) in [7, 11) is 4.74. The Balaban J connectivity index is 1.75. The molecule has 0 unspecified atom stereocenters. The van der Waals surface area contributed by atoms with E-state index in [2.05, 4.69) is 12.2 Å². The third kappa shape index (κ3) is 5.15. The number of hydrogen-bond acceptors (Lipinski definition) is 5. The van der Waals surface area contributed by atoms with Crippen LogP contribution < -0.4 is 24.4 Å². The standard InChI is InChI=1S/C29H32N2O5/c1-5-19-6-9-21(10-7-19)30-29(33)24-15-17-27(32)31(22-11-13-23(34-2)14-12-22)28(24)20-8-16-25(35-3)26(18-20)36-4/h6-14,16,18,24,28H,5,15,17H2,1-4H3,(H,30,33)/t24-,28-/m0/s1. The van der Waals surface area contributed by atoms with Gasteiger partial charge >= 0.3 is 0 Å². The summed E-state index contributed by atoms with van der Waals surface area (Å²) in [6, 6.07) is 20.2. The van der Waals surface area contributed by atoms with Crippen LogP contribution in [0.3, 0.4) is 0 Å². The van der Waals surface area contributed by atoms with E-state index in [1.807, 2.05) is 60.7 Å². The first-order valence-electron chi connectivity index (χ1n) is 12.1. The van der Waals surface area contributed by atoms with Gasteiger partial charge in [-0.1, -0.05) is 25.1 Å². The zero-order chi connectivity index (χ0) is 25.7. The Morgan fingerprint density at radius 3 is 2.22 bits per heavy atom. The lowest BCUT2D eigenvalue weighted by molar-refractivity contribution is -0.125. The number of methoxy groups -OCH3 is 3. The Kier molecular flexibility index (Phi) is 7.78. The maximum Gasteiger partial charge on any atom is 0.229 e. The number of nitrogens with zero attached hydrogens (tertiary/aromatic N) is 1. The summed E-state index contributed by atoms with van der Waals surface area (Å²) >= 11 is 0. The monoisotopic (exact) mass is 488 g/mol. The molecule has 188 valence electrons. The Morgan fingerprint density at radius 2 is 1.61 bits per heavy atom. The Labute approximate surface area is 212 Å². The first-order valence-corrected chi connectivity index (χ1v) is 12.1. The van der Waals surface area contributed by atoms with E-state index in [1.54, 1.807) is 32.3 Å². The molecule has 7 nitrogen and oxygen atoms in total. The molecule has 2 amide bonds. The van der Waals surface area contributed by atoms with Crippen molar-refractivity contribution < 1.29 is 23.8 Å². The molecule has 1 N–H and O–H groups in total. The molecule has 0 bridgehead atoms. The molecule has 7 heteroatoms. The van der Waals surface area contributed by atoms with Crippen molar-refractivity contribution >= 4 is 23.2 Å². The van der Waals surface area contributed by atoms with E-state index in [1.165, 1.54) is 5.56 Å². The molecule has 0 spiro atoms. The van der Waals surface area contributed by atoms with Crippen LogP contribution in [-0.2, 0) is 16.0 Å². The number of anilines is 2. The predicted octanol–water partition coefficient (Wildman–Crippen LogP) is 5.40. The van der Waals surface area contributed by atoms with Crippen LogP contribution in [0.2, 0.25) is 0 Å². The van der Waals surface area contributed by atoms with Crippen molar-refractivity contribution in [1.29, 1.82) is 0 Å². The van der Waals surface area contributed by atoms with E-state index in [4.69, 9.17) is 14.2 Å². The highest BCUT2D eigenvalue weighted by Crippen LogP contribution is 2.43. The zero-order valence-electron chi connectivity index (χ0n) is 21.1. The van der Waals surface area contributed by atoms with Crippen LogP contribution in [0.25, 0.3) is 0 Å². The van der Waals surface area contributed by atoms with Crippen molar-refractivity contribution in [2.24, 2.45) is 5.92 Å². The fraction of sp³-hybridized carbons (Fsp3) is 0.310. The molecule has 2 atom stereocenters. The van der Waals surface area contributed by atoms with Gasteiger partial charge in [-0.15, -0.1) is 0 Å². The van der Waals surface area contributed by atoms with Crippen molar-refractivity contribution in [1.82, 2.24) is 0 Å². The largest absolute Gasteiger partial charge is 0.497 e.